The summed E-state index contributed by atoms with van der Waals surface area (Å²) in [6.45, 7) is 1.92. The average molecular weight is 257 g/mol. The lowest BCUT2D eigenvalue weighted by Crippen LogP contribution is -2.34. The van der Waals surface area contributed by atoms with Crippen molar-refractivity contribution in [2.75, 3.05) is 5.32 Å². The standard InChI is InChI=1S/C10H13BrN2O/c1-2-8(10(12)14)13-9-6-4-3-5-7(9)11/h3-6,8,13H,2H2,1H3,(H2,12,14). The zero-order valence-electron chi connectivity index (χ0n) is 7.96. The Kier molecular flexibility index (Phi) is 3.95. The summed E-state index contributed by atoms with van der Waals surface area (Å²) in [7, 11) is 0. The predicted octanol–water partition coefficient (Wildman–Crippen LogP) is 2.12. The smallest absolute Gasteiger partial charge is 0.239 e. The van der Waals surface area contributed by atoms with Gasteiger partial charge in [-0.3, -0.25) is 4.79 Å². The van der Waals surface area contributed by atoms with E-state index in [0.717, 1.165) is 10.2 Å². The Labute approximate surface area is 91.8 Å². The van der Waals surface area contributed by atoms with Gasteiger partial charge in [0.05, 0.1) is 0 Å². The molecule has 0 radical (unpaired) electrons. The number of carbonyl (C=O) groups excluding carboxylic acids is 1. The fraction of sp³-hybridized carbons (Fsp3) is 0.300. The molecule has 3 N–H and O–H groups in total. The van der Waals surface area contributed by atoms with Crippen molar-refractivity contribution in [1.29, 1.82) is 0 Å². The molecule has 0 aliphatic carbocycles. The number of hydrogen-bond acceptors (Lipinski definition) is 2. The van der Waals surface area contributed by atoms with E-state index in [2.05, 4.69) is 21.2 Å². The van der Waals surface area contributed by atoms with Crippen molar-refractivity contribution < 1.29 is 4.79 Å². The van der Waals surface area contributed by atoms with Crippen LogP contribution in [-0.4, -0.2) is 11.9 Å². The number of nitrogens with one attached hydrogen (secondary N) is 1. The van der Waals surface area contributed by atoms with Crippen LogP contribution in [0.2, 0.25) is 0 Å². The molecular formula is C10H13BrN2O. The molecule has 0 saturated heterocycles. The monoisotopic (exact) mass is 256 g/mol. The molecule has 0 aliphatic heterocycles. The summed E-state index contributed by atoms with van der Waals surface area (Å²) >= 11 is 3.39. The molecule has 0 aromatic heterocycles. The number of halogens is 1. The van der Waals surface area contributed by atoms with E-state index in [1.165, 1.54) is 0 Å². The average Bonchev–Trinajstić information content (AvgIpc) is 2.16. The first-order valence-corrected chi connectivity index (χ1v) is 5.24. The molecule has 1 unspecified atom stereocenters. The lowest BCUT2D eigenvalue weighted by molar-refractivity contribution is -0.118. The van der Waals surface area contributed by atoms with Gasteiger partial charge in [0.1, 0.15) is 6.04 Å². The molecule has 1 atom stereocenters. The maximum atomic E-state index is 11.0. The van der Waals surface area contributed by atoms with Gasteiger partial charge in [-0.15, -0.1) is 0 Å². The van der Waals surface area contributed by atoms with Crippen molar-refractivity contribution in [1.82, 2.24) is 0 Å². The summed E-state index contributed by atoms with van der Waals surface area (Å²) in [6.07, 6.45) is 0.677. The number of benzene rings is 1. The lowest BCUT2D eigenvalue weighted by atomic mass is 10.2. The highest BCUT2D eigenvalue weighted by molar-refractivity contribution is 9.10. The SMILES string of the molecule is CCC(Nc1ccccc1Br)C(N)=O. The third kappa shape index (κ3) is 2.73. The molecule has 1 rings (SSSR count). The number of para-hydroxylation sites is 1. The minimum absolute atomic E-state index is 0.311. The van der Waals surface area contributed by atoms with Gasteiger partial charge in [-0.25, -0.2) is 0 Å². The largest absolute Gasteiger partial charge is 0.373 e. The predicted molar refractivity (Wildman–Crippen MR) is 61.0 cm³/mol. The van der Waals surface area contributed by atoms with Gasteiger partial charge in [-0.2, -0.15) is 0 Å². The van der Waals surface area contributed by atoms with E-state index in [1.807, 2.05) is 31.2 Å². The molecule has 0 aliphatic rings. The van der Waals surface area contributed by atoms with E-state index in [9.17, 15) is 4.79 Å². The Morgan fingerprint density at radius 2 is 2.21 bits per heavy atom. The first-order valence-electron chi connectivity index (χ1n) is 4.45. The highest BCUT2D eigenvalue weighted by Crippen LogP contribution is 2.22. The second kappa shape index (κ2) is 5.00. The number of nitrogens with two attached hydrogens (primary N) is 1. The van der Waals surface area contributed by atoms with Crippen LogP contribution in [0.15, 0.2) is 28.7 Å². The summed E-state index contributed by atoms with van der Waals surface area (Å²) in [5, 5.41) is 3.07. The molecule has 0 bridgehead atoms. The van der Waals surface area contributed by atoms with Crippen LogP contribution in [0, 0.1) is 0 Å². The molecule has 3 nitrogen and oxygen atoms in total. The molecule has 1 aromatic carbocycles. The Morgan fingerprint density at radius 3 is 2.71 bits per heavy atom. The van der Waals surface area contributed by atoms with Gasteiger partial charge >= 0.3 is 0 Å². The quantitative estimate of drug-likeness (QED) is 0.868. The van der Waals surface area contributed by atoms with Crippen LogP contribution >= 0.6 is 15.9 Å². The van der Waals surface area contributed by atoms with E-state index < -0.39 is 0 Å². The second-order valence-corrected chi connectivity index (χ2v) is 3.84. The van der Waals surface area contributed by atoms with Gasteiger partial charge in [0.15, 0.2) is 0 Å². The number of primary amides is 1. The van der Waals surface area contributed by atoms with Gasteiger partial charge in [0.2, 0.25) is 5.91 Å². The summed E-state index contributed by atoms with van der Waals surface area (Å²) in [5.41, 5.74) is 6.12. The molecule has 0 heterocycles. The Balaban J connectivity index is 2.77. The maximum absolute atomic E-state index is 11.0. The summed E-state index contributed by atoms with van der Waals surface area (Å²) in [6, 6.07) is 7.32. The van der Waals surface area contributed by atoms with Crippen molar-refractivity contribution in [3.8, 4) is 0 Å². The van der Waals surface area contributed by atoms with Crippen LogP contribution in [0.4, 0.5) is 5.69 Å². The molecule has 1 aromatic rings. The Bertz CT molecular complexity index is 328. The summed E-state index contributed by atoms with van der Waals surface area (Å²) in [5.74, 6) is -0.330. The van der Waals surface area contributed by atoms with Gasteiger partial charge in [0, 0.05) is 10.2 Å². The normalized spacial score (nSPS) is 12.1. The third-order valence-electron chi connectivity index (χ3n) is 1.96. The molecule has 1 amide bonds. The lowest BCUT2D eigenvalue weighted by Gasteiger charge is -2.15. The van der Waals surface area contributed by atoms with Gasteiger partial charge in [0.25, 0.3) is 0 Å². The second-order valence-electron chi connectivity index (χ2n) is 2.99. The number of amides is 1. The van der Waals surface area contributed by atoms with E-state index in [1.54, 1.807) is 0 Å². The highest BCUT2D eigenvalue weighted by atomic mass is 79.9. The van der Waals surface area contributed by atoms with E-state index in [0.29, 0.717) is 6.42 Å². The van der Waals surface area contributed by atoms with Crippen molar-refractivity contribution in [3.63, 3.8) is 0 Å². The van der Waals surface area contributed by atoms with Crippen molar-refractivity contribution in [3.05, 3.63) is 28.7 Å². The molecular weight excluding hydrogens is 244 g/mol. The maximum Gasteiger partial charge on any atom is 0.239 e. The zero-order chi connectivity index (χ0) is 10.6. The first-order chi connectivity index (χ1) is 6.65. The number of anilines is 1. The van der Waals surface area contributed by atoms with E-state index in [4.69, 9.17) is 5.73 Å². The first kappa shape index (κ1) is 11.0. The van der Waals surface area contributed by atoms with Crippen LogP contribution in [0.3, 0.4) is 0 Å². The summed E-state index contributed by atoms with van der Waals surface area (Å²) < 4.78 is 0.930. The van der Waals surface area contributed by atoms with E-state index >= 15 is 0 Å². The van der Waals surface area contributed by atoms with Crippen LogP contribution in [0.5, 0.6) is 0 Å². The molecule has 0 spiro atoms. The van der Waals surface area contributed by atoms with Crippen molar-refractivity contribution in [2.45, 2.75) is 19.4 Å². The van der Waals surface area contributed by atoms with Gasteiger partial charge in [-0.05, 0) is 34.5 Å². The molecule has 0 fully saturated rings. The van der Waals surface area contributed by atoms with Crippen LogP contribution in [0.25, 0.3) is 0 Å². The minimum atomic E-state index is -0.330. The van der Waals surface area contributed by atoms with Crippen LogP contribution in [-0.2, 0) is 4.79 Å². The fourth-order valence-corrected chi connectivity index (χ4v) is 1.54. The Morgan fingerprint density at radius 1 is 1.57 bits per heavy atom. The third-order valence-corrected chi connectivity index (χ3v) is 2.65. The van der Waals surface area contributed by atoms with Crippen molar-refractivity contribution in [2.24, 2.45) is 5.73 Å². The molecule has 76 valence electrons. The molecule has 14 heavy (non-hydrogen) atoms. The topological polar surface area (TPSA) is 55.1 Å². The minimum Gasteiger partial charge on any atom is -0.373 e. The van der Waals surface area contributed by atoms with Gasteiger partial charge < -0.3 is 11.1 Å². The number of hydrogen-bond donors (Lipinski definition) is 2. The van der Waals surface area contributed by atoms with Gasteiger partial charge in [-0.1, -0.05) is 19.1 Å². The van der Waals surface area contributed by atoms with Crippen molar-refractivity contribution >= 4 is 27.5 Å². The molecule has 0 saturated carbocycles. The number of carbonyl (C=O) groups is 1. The fourth-order valence-electron chi connectivity index (χ4n) is 1.14. The summed E-state index contributed by atoms with van der Waals surface area (Å²) in [4.78, 5) is 11.0. The zero-order valence-corrected chi connectivity index (χ0v) is 9.54. The Hall–Kier alpha value is -1.03. The van der Waals surface area contributed by atoms with Crippen LogP contribution in [0.1, 0.15) is 13.3 Å². The number of rotatable bonds is 4. The van der Waals surface area contributed by atoms with Crippen LogP contribution < -0.4 is 11.1 Å². The van der Waals surface area contributed by atoms with E-state index in [-0.39, 0.29) is 11.9 Å². The highest BCUT2D eigenvalue weighted by Gasteiger charge is 2.12. The molecule has 4 heteroatoms.